The van der Waals surface area contributed by atoms with Crippen molar-refractivity contribution in [1.29, 1.82) is 0 Å². The van der Waals surface area contributed by atoms with Crippen molar-refractivity contribution >= 4 is 17.8 Å². The molecule has 6 heteroatoms. The van der Waals surface area contributed by atoms with E-state index in [1.54, 1.807) is 58.9 Å². The Kier molecular flexibility index (Phi) is 6.10. The molecule has 0 unspecified atom stereocenters. The van der Waals surface area contributed by atoms with Gasteiger partial charge in [-0.15, -0.1) is 0 Å². The van der Waals surface area contributed by atoms with Crippen LogP contribution in [0.3, 0.4) is 0 Å². The van der Waals surface area contributed by atoms with Crippen molar-refractivity contribution < 1.29 is 19.1 Å². The normalized spacial score (nSPS) is 11.8. The first-order valence-electron chi connectivity index (χ1n) is 7.03. The molecule has 120 valence electrons. The lowest BCUT2D eigenvalue weighted by molar-refractivity contribution is 0.0517. The molecule has 6 nitrogen and oxygen atoms in total. The van der Waals surface area contributed by atoms with Crippen LogP contribution in [-0.2, 0) is 9.47 Å². The molecule has 0 heterocycles. The number of rotatable bonds is 4. The zero-order valence-electron chi connectivity index (χ0n) is 13.6. The monoisotopic (exact) mass is 306 g/mol. The fourth-order valence-electron chi connectivity index (χ4n) is 1.56. The van der Waals surface area contributed by atoms with Gasteiger partial charge in [0.25, 0.3) is 0 Å². The van der Waals surface area contributed by atoms with Crippen LogP contribution in [0.2, 0.25) is 0 Å². The number of nitrogens with one attached hydrogen (secondary N) is 1. The maximum absolute atomic E-state index is 11.5. The summed E-state index contributed by atoms with van der Waals surface area (Å²) in [7, 11) is 0. The quantitative estimate of drug-likeness (QED) is 0.527. The predicted octanol–water partition coefficient (Wildman–Crippen LogP) is 3.11. The summed E-state index contributed by atoms with van der Waals surface area (Å²) in [6.07, 6.45) is -0.616. The molecular weight excluding hydrogens is 284 g/mol. The van der Waals surface area contributed by atoms with E-state index in [2.05, 4.69) is 10.5 Å². The van der Waals surface area contributed by atoms with Crippen LogP contribution in [0.15, 0.2) is 29.4 Å². The molecule has 1 N–H and O–H groups in total. The smallest absolute Gasteiger partial charge is 0.428 e. The largest absolute Gasteiger partial charge is 0.462 e. The van der Waals surface area contributed by atoms with Crippen LogP contribution in [-0.4, -0.2) is 30.0 Å². The van der Waals surface area contributed by atoms with Crippen molar-refractivity contribution in [3.63, 3.8) is 0 Å². The van der Waals surface area contributed by atoms with Gasteiger partial charge in [0.2, 0.25) is 0 Å². The number of hydrazone groups is 1. The molecule has 0 bridgehead atoms. The Morgan fingerprint density at radius 3 is 2.18 bits per heavy atom. The highest BCUT2D eigenvalue weighted by molar-refractivity contribution is 6.00. The Labute approximate surface area is 130 Å². The van der Waals surface area contributed by atoms with E-state index in [1.807, 2.05) is 0 Å². The van der Waals surface area contributed by atoms with Crippen molar-refractivity contribution in [2.75, 3.05) is 6.61 Å². The molecular formula is C16H22N2O4. The highest BCUT2D eigenvalue weighted by atomic mass is 16.6. The van der Waals surface area contributed by atoms with Gasteiger partial charge in [-0.3, -0.25) is 0 Å². The zero-order valence-corrected chi connectivity index (χ0v) is 13.6. The standard InChI is InChI=1S/C16H22N2O4/c1-6-21-14(19)13-9-7-12(8-10-13)11(2)17-18-15(20)22-16(3,4)5/h7-10H,6H2,1-5H3,(H,18,20)/b17-11+. The molecule has 0 aliphatic heterocycles. The van der Waals surface area contributed by atoms with Gasteiger partial charge in [0.15, 0.2) is 0 Å². The average Bonchev–Trinajstić information content (AvgIpc) is 2.43. The van der Waals surface area contributed by atoms with Gasteiger partial charge in [0, 0.05) is 0 Å². The molecule has 0 saturated carbocycles. The summed E-state index contributed by atoms with van der Waals surface area (Å²) in [5.41, 5.74) is 3.61. The van der Waals surface area contributed by atoms with Crippen molar-refractivity contribution in [2.24, 2.45) is 5.10 Å². The lowest BCUT2D eigenvalue weighted by atomic mass is 10.1. The highest BCUT2D eigenvalue weighted by Crippen LogP contribution is 2.08. The lowest BCUT2D eigenvalue weighted by Gasteiger charge is -2.18. The van der Waals surface area contributed by atoms with Gasteiger partial charge in [0.05, 0.1) is 17.9 Å². The second-order valence-electron chi connectivity index (χ2n) is 5.61. The second kappa shape index (κ2) is 7.59. The molecule has 0 atom stereocenters. The maximum atomic E-state index is 11.5. The van der Waals surface area contributed by atoms with E-state index in [0.717, 1.165) is 5.56 Å². The predicted molar refractivity (Wildman–Crippen MR) is 84.0 cm³/mol. The van der Waals surface area contributed by atoms with E-state index in [-0.39, 0.29) is 5.97 Å². The molecule has 0 fully saturated rings. The molecule has 0 aliphatic carbocycles. The van der Waals surface area contributed by atoms with Crippen molar-refractivity contribution in [3.8, 4) is 0 Å². The van der Waals surface area contributed by atoms with Gasteiger partial charge in [-0.25, -0.2) is 15.0 Å². The summed E-state index contributed by atoms with van der Waals surface area (Å²) < 4.78 is 9.99. The summed E-state index contributed by atoms with van der Waals surface area (Å²) in [4.78, 5) is 23.1. The Morgan fingerprint density at radius 2 is 1.68 bits per heavy atom. The van der Waals surface area contributed by atoms with Crippen molar-refractivity contribution in [2.45, 2.75) is 40.2 Å². The van der Waals surface area contributed by atoms with Crippen LogP contribution in [0, 0.1) is 0 Å². The number of esters is 1. The third-order valence-electron chi connectivity index (χ3n) is 2.53. The zero-order chi connectivity index (χ0) is 16.8. The van der Waals surface area contributed by atoms with E-state index in [9.17, 15) is 9.59 Å². The first kappa shape index (κ1) is 17.7. The van der Waals surface area contributed by atoms with Gasteiger partial charge in [-0.05, 0) is 52.3 Å². The molecule has 0 aromatic heterocycles. The number of hydrogen-bond acceptors (Lipinski definition) is 5. The number of nitrogens with zero attached hydrogens (tertiary/aromatic N) is 1. The Morgan fingerprint density at radius 1 is 1.14 bits per heavy atom. The first-order chi connectivity index (χ1) is 10.2. The Bertz CT molecular complexity index is 557. The van der Waals surface area contributed by atoms with Gasteiger partial charge >= 0.3 is 12.1 Å². The van der Waals surface area contributed by atoms with Crippen LogP contribution in [0.25, 0.3) is 0 Å². The third-order valence-corrected chi connectivity index (χ3v) is 2.53. The van der Waals surface area contributed by atoms with Crippen LogP contribution < -0.4 is 5.43 Å². The molecule has 22 heavy (non-hydrogen) atoms. The number of carbonyl (C=O) groups is 2. The number of carbonyl (C=O) groups excluding carboxylic acids is 2. The molecule has 0 aliphatic rings. The van der Waals surface area contributed by atoms with E-state index in [0.29, 0.717) is 17.9 Å². The molecule has 0 saturated heterocycles. The SMILES string of the molecule is CCOC(=O)c1ccc(/C(C)=N/NC(=O)OC(C)(C)C)cc1. The second-order valence-corrected chi connectivity index (χ2v) is 5.61. The van der Waals surface area contributed by atoms with Gasteiger partial charge in [0.1, 0.15) is 5.60 Å². The molecule has 1 aromatic carbocycles. The minimum atomic E-state index is -0.616. The molecule has 1 aromatic rings. The van der Waals surface area contributed by atoms with E-state index in [1.165, 1.54) is 0 Å². The minimum absolute atomic E-state index is 0.334. The van der Waals surface area contributed by atoms with Gasteiger partial charge < -0.3 is 9.47 Å². The summed E-state index contributed by atoms with van der Waals surface area (Å²) in [6, 6.07) is 6.78. The topological polar surface area (TPSA) is 77.0 Å². The number of benzene rings is 1. The number of amides is 1. The first-order valence-corrected chi connectivity index (χ1v) is 7.03. The van der Waals surface area contributed by atoms with Crippen molar-refractivity contribution in [1.82, 2.24) is 5.43 Å². The van der Waals surface area contributed by atoms with E-state index in [4.69, 9.17) is 9.47 Å². The molecule has 1 rings (SSSR count). The van der Waals surface area contributed by atoms with Gasteiger partial charge in [-0.2, -0.15) is 5.10 Å². The highest BCUT2D eigenvalue weighted by Gasteiger charge is 2.15. The van der Waals surface area contributed by atoms with Crippen molar-refractivity contribution in [3.05, 3.63) is 35.4 Å². The van der Waals surface area contributed by atoms with Crippen LogP contribution >= 0.6 is 0 Å². The summed E-state index contributed by atoms with van der Waals surface area (Å²) in [6.45, 7) is 9.16. The fraction of sp³-hybridized carbons (Fsp3) is 0.438. The summed E-state index contributed by atoms with van der Waals surface area (Å²) >= 11 is 0. The molecule has 0 spiro atoms. The molecule has 1 amide bonds. The van der Waals surface area contributed by atoms with Gasteiger partial charge in [-0.1, -0.05) is 12.1 Å². The number of ether oxygens (including phenoxy) is 2. The fourth-order valence-corrected chi connectivity index (χ4v) is 1.56. The van der Waals surface area contributed by atoms with Crippen LogP contribution in [0.4, 0.5) is 4.79 Å². The van der Waals surface area contributed by atoms with E-state index < -0.39 is 11.7 Å². The van der Waals surface area contributed by atoms with Crippen LogP contribution in [0.1, 0.15) is 50.5 Å². The third kappa shape index (κ3) is 5.95. The average molecular weight is 306 g/mol. The molecule has 0 radical (unpaired) electrons. The maximum Gasteiger partial charge on any atom is 0.428 e. The Hall–Kier alpha value is -2.37. The summed E-state index contributed by atoms with van der Waals surface area (Å²) in [5, 5.41) is 3.97. The van der Waals surface area contributed by atoms with E-state index >= 15 is 0 Å². The Balaban J connectivity index is 2.69. The number of hydrogen-bond donors (Lipinski definition) is 1. The summed E-state index contributed by atoms with van der Waals surface area (Å²) in [5.74, 6) is -0.365. The lowest BCUT2D eigenvalue weighted by Crippen LogP contribution is -2.30. The van der Waals surface area contributed by atoms with Crippen LogP contribution in [0.5, 0.6) is 0 Å². The minimum Gasteiger partial charge on any atom is -0.462 e.